The zero-order valence-electron chi connectivity index (χ0n) is 14.1. The van der Waals surface area contributed by atoms with Crippen molar-refractivity contribution in [2.75, 3.05) is 5.32 Å². The summed E-state index contributed by atoms with van der Waals surface area (Å²) in [6, 6.07) is 11.3. The SMILES string of the molecule is O=c1c2c[nH]nc2c2cnc(NCc3ccoc3)nc2n1-c1ccccc1. The molecule has 132 valence electrons. The van der Waals surface area contributed by atoms with Gasteiger partial charge in [0.05, 0.1) is 29.0 Å². The van der Waals surface area contributed by atoms with Crippen LogP contribution in [0.4, 0.5) is 5.95 Å². The summed E-state index contributed by atoms with van der Waals surface area (Å²) in [6.07, 6.45) is 6.55. The number of para-hydroxylation sites is 1. The molecule has 0 aliphatic heterocycles. The van der Waals surface area contributed by atoms with Crippen molar-refractivity contribution in [2.45, 2.75) is 6.54 Å². The number of anilines is 1. The summed E-state index contributed by atoms with van der Waals surface area (Å²) in [5.41, 5.74) is 2.58. The van der Waals surface area contributed by atoms with Crippen LogP contribution in [0, 0.1) is 0 Å². The number of aromatic nitrogens is 5. The van der Waals surface area contributed by atoms with Gasteiger partial charge in [-0.1, -0.05) is 18.2 Å². The monoisotopic (exact) mass is 358 g/mol. The lowest BCUT2D eigenvalue weighted by atomic mass is 10.2. The summed E-state index contributed by atoms with van der Waals surface area (Å²) in [4.78, 5) is 22.0. The Morgan fingerprint density at radius 3 is 2.85 bits per heavy atom. The first-order chi connectivity index (χ1) is 13.3. The maximum Gasteiger partial charge on any atom is 0.267 e. The van der Waals surface area contributed by atoms with Gasteiger partial charge >= 0.3 is 0 Å². The van der Waals surface area contributed by atoms with E-state index in [1.807, 2.05) is 36.4 Å². The lowest BCUT2D eigenvalue weighted by Gasteiger charge is -2.11. The number of rotatable bonds is 4. The predicted molar refractivity (Wildman–Crippen MR) is 101 cm³/mol. The summed E-state index contributed by atoms with van der Waals surface area (Å²) in [7, 11) is 0. The average Bonchev–Trinajstić information content (AvgIpc) is 3.39. The number of benzene rings is 1. The third-order valence-electron chi connectivity index (χ3n) is 4.35. The smallest absolute Gasteiger partial charge is 0.267 e. The highest BCUT2D eigenvalue weighted by Gasteiger charge is 2.16. The molecule has 4 heterocycles. The average molecular weight is 358 g/mol. The van der Waals surface area contributed by atoms with Gasteiger partial charge in [0.1, 0.15) is 5.52 Å². The number of nitrogens with zero attached hydrogens (tertiary/aromatic N) is 4. The molecule has 4 aromatic heterocycles. The van der Waals surface area contributed by atoms with Gasteiger partial charge < -0.3 is 9.73 Å². The number of fused-ring (bicyclic) bond motifs is 3. The number of furan rings is 1. The van der Waals surface area contributed by atoms with Crippen LogP contribution in [0.25, 0.3) is 27.6 Å². The third kappa shape index (κ3) is 2.54. The minimum absolute atomic E-state index is 0.183. The van der Waals surface area contributed by atoms with Crippen LogP contribution in [0.2, 0.25) is 0 Å². The van der Waals surface area contributed by atoms with Crippen LogP contribution in [-0.2, 0) is 6.54 Å². The van der Waals surface area contributed by atoms with Crippen LogP contribution in [0.3, 0.4) is 0 Å². The first kappa shape index (κ1) is 15.3. The van der Waals surface area contributed by atoms with Crippen LogP contribution in [0.1, 0.15) is 5.56 Å². The fourth-order valence-electron chi connectivity index (χ4n) is 3.06. The molecule has 0 unspecified atom stereocenters. The van der Waals surface area contributed by atoms with Gasteiger partial charge in [-0.2, -0.15) is 10.1 Å². The maximum atomic E-state index is 13.1. The van der Waals surface area contributed by atoms with Gasteiger partial charge in [-0.25, -0.2) is 4.98 Å². The van der Waals surface area contributed by atoms with E-state index in [9.17, 15) is 4.79 Å². The molecule has 5 aromatic rings. The molecular formula is C19H14N6O2. The standard InChI is InChI=1S/C19H14N6O2/c26-18-15-10-22-24-16(15)14-9-21-19(20-8-12-6-7-27-11-12)23-17(14)25(18)13-4-2-1-3-5-13/h1-7,9-11H,8H2,(H,22,24)(H,20,21,23). The van der Waals surface area contributed by atoms with Gasteiger partial charge in [-0.15, -0.1) is 0 Å². The van der Waals surface area contributed by atoms with Crippen molar-refractivity contribution in [3.8, 4) is 5.69 Å². The summed E-state index contributed by atoms with van der Waals surface area (Å²) in [6.45, 7) is 0.516. The normalized spacial score (nSPS) is 11.3. The van der Waals surface area contributed by atoms with Crippen molar-refractivity contribution in [2.24, 2.45) is 0 Å². The van der Waals surface area contributed by atoms with E-state index in [-0.39, 0.29) is 5.56 Å². The first-order valence-corrected chi connectivity index (χ1v) is 8.37. The molecule has 0 bridgehead atoms. The fourth-order valence-corrected chi connectivity index (χ4v) is 3.06. The van der Waals surface area contributed by atoms with Crippen LogP contribution in [-0.4, -0.2) is 24.7 Å². The zero-order valence-corrected chi connectivity index (χ0v) is 14.1. The molecule has 0 aliphatic rings. The lowest BCUT2D eigenvalue weighted by molar-refractivity contribution is 0.564. The van der Waals surface area contributed by atoms with Crippen molar-refractivity contribution in [3.05, 3.63) is 77.2 Å². The molecule has 5 rings (SSSR count). The Hall–Kier alpha value is -3.94. The highest BCUT2D eigenvalue weighted by atomic mass is 16.3. The quantitative estimate of drug-likeness (QED) is 0.512. The first-order valence-electron chi connectivity index (χ1n) is 8.37. The molecule has 0 atom stereocenters. The van der Waals surface area contributed by atoms with Crippen molar-refractivity contribution in [3.63, 3.8) is 0 Å². The minimum atomic E-state index is -0.183. The maximum absolute atomic E-state index is 13.1. The summed E-state index contributed by atoms with van der Waals surface area (Å²) >= 11 is 0. The Labute approximate surface area is 152 Å². The topological polar surface area (TPSA) is 102 Å². The summed E-state index contributed by atoms with van der Waals surface area (Å²) in [5, 5.41) is 11.3. The third-order valence-corrected chi connectivity index (χ3v) is 4.35. The largest absolute Gasteiger partial charge is 0.472 e. The van der Waals surface area contributed by atoms with Gasteiger partial charge in [0.25, 0.3) is 5.56 Å². The highest BCUT2D eigenvalue weighted by molar-refractivity contribution is 6.02. The van der Waals surface area contributed by atoms with E-state index in [2.05, 4.69) is 25.5 Å². The number of nitrogens with one attached hydrogen (secondary N) is 2. The molecule has 0 saturated carbocycles. The second-order valence-corrected chi connectivity index (χ2v) is 6.04. The van der Waals surface area contributed by atoms with E-state index < -0.39 is 0 Å². The van der Waals surface area contributed by atoms with Gasteiger partial charge in [0.15, 0.2) is 5.65 Å². The Morgan fingerprint density at radius 1 is 1.15 bits per heavy atom. The Kier molecular flexibility index (Phi) is 3.46. The van der Waals surface area contributed by atoms with E-state index in [0.717, 1.165) is 11.3 Å². The number of pyridine rings is 1. The Balaban J connectivity index is 1.72. The molecule has 0 amide bonds. The number of H-pyrrole nitrogens is 1. The summed E-state index contributed by atoms with van der Waals surface area (Å²) < 4.78 is 6.65. The Morgan fingerprint density at radius 2 is 2.04 bits per heavy atom. The predicted octanol–water partition coefficient (Wildman–Crippen LogP) is 2.86. The van der Waals surface area contributed by atoms with Crippen LogP contribution in [0.15, 0.2) is 70.5 Å². The molecule has 0 spiro atoms. The van der Waals surface area contributed by atoms with E-state index in [1.165, 1.54) is 0 Å². The van der Waals surface area contributed by atoms with Crippen LogP contribution >= 0.6 is 0 Å². The second-order valence-electron chi connectivity index (χ2n) is 6.04. The van der Waals surface area contributed by atoms with Crippen molar-refractivity contribution in [1.82, 2.24) is 24.7 Å². The fraction of sp³-hybridized carbons (Fsp3) is 0.0526. The zero-order chi connectivity index (χ0) is 18.2. The molecule has 2 N–H and O–H groups in total. The molecule has 0 saturated heterocycles. The van der Waals surface area contributed by atoms with Crippen molar-refractivity contribution >= 4 is 27.9 Å². The molecule has 8 heteroatoms. The number of hydrogen-bond donors (Lipinski definition) is 2. The van der Waals surface area contributed by atoms with Crippen molar-refractivity contribution < 1.29 is 4.42 Å². The lowest BCUT2D eigenvalue weighted by Crippen LogP contribution is -2.20. The molecular weight excluding hydrogens is 344 g/mol. The van der Waals surface area contributed by atoms with Gasteiger partial charge in [-0.3, -0.25) is 14.5 Å². The molecule has 0 fully saturated rings. The molecule has 1 aromatic carbocycles. The van der Waals surface area contributed by atoms with Gasteiger partial charge in [0, 0.05) is 24.5 Å². The van der Waals surface area contributed by atoms with Gasteiger partial charge in [0.2, 0.25) is 5.95 Å². The van der Waals surface area contributed by atoms with E-state index in [0.29, 0.717) is 34.4 Å². The highest BCUT2D eigenvalue weighted by Crippen LogP contribution is 2.22. The minimum Gasteiger partial charge on any atom is -0.472 e. The number of hydrogen-bond acceptors (Lipinski definition) is 6. The molecule has 27 heavy (non-hydrogen) atoms. The van der Waals surface area contributed by atoms with Gasteiger partial charge in [-0.05, 0) is 18.2 Å². The van der Waals surface area contributed by atoms with Crippen molar-refractivity contribution in [1.29, 1.82) is 0 Å². The van der Waals surface area contributed by atoms with Crippen LogP contribution in [0.5, 0.6) is 0 Å². The molecule has 8 nitrogen and oxygen atoms in total. The van der Waals surface area contributed by atoms with E-state index in [4.69, 9.17) is 4.42 Å². The van der Waals surface area contributed by atoms with E-state index in [1.54, 1.807) is 29.5 Å². The summed E-state index contributed by atoms with van der Waals surface area (Å²) in [5.74, 6) is 0.419. The van der Waals surface area contributed by atoms with Crippen LogP contribution < -0.4 is 10.9 Å². The molecule has 0 aliphatic carbocycles. The number of aromatic amines is 1. The second kappa shape index (κ2) is 6.10. The van der Waals surface area contributed by atoms with E-state index >= 15 is 0 Å². The molecule has 0 radical (unpaired) electrons. The Bertz CT molecular complexity index is 1290.